The molecule has 1 saturated heterocycles. The first-order valence-electron chi connectivity index (χ1n) is 9.34. The fourth-order valence-corrected chi connectivity index (χ4v) is 4.31. The van der Waals surface area contributed by atoms with Crippen molar-refractivity contribution in [3.8, 4) is 0 Å². The van der Waals surface area contributed by atoms with Crippen molar-refractivity contribution in [3.63, 3.8) is 0 Å². The van der Waals surface area contributed by atoms with Crippen molar-refractivity contribution in [3.05, 3.63) is 18.1 Å². The Kier molecular flexibility index (Phi) is 4.83. The second-order valence-corrected chi connectivity index (χ2v) is 9.46. The molecule has 3 rings (SSSR count). The summed E-state index contributed by atoms with van der Waals surface area (Å²) >= 11 is 0. The average molecular weight is 414 g/mol. The lowest BCUT2D eigenvalue weighted by molar-refractivity contribution is -0.151. The molecule has 1 aromatic heterocycles. The SMILES string of the molecule is CC(C)(C)[C@H](Nc1cnc(C(F)(F)F)cn1)C(=O)N1C[C@H]2[C@@H]([C@H]1C(=O)O)C2(C)C. The van der Waals surface area contributed by atoms with E-state index in [1.165, 1.54) is 4.90 Å². The van der Waals surface area contributed by atoms with Crippen molar-refractivity contribution in [2.75, 3.05) is 11.9 Å². The lowest BCUT2D eigenvalue weighted by Crippen LogP contribution is -2.54. The molecule has 0 bridgehead atoms. The standard InChI is InChI=1S/C19H25F3N4O3/c1-17(2,3)14(25-11-7-23-10(6-24-11)19(20,21)22)15(27)26-8-9-12(18(9,4)5)13(26)16(28)29/h6-7,9,12-14H,8H2,1-5H3,(H,24,25)(H,28,29)/t9-,12-,13-,14+/m0/s1. The number of aliphatic carboxylic acids is 1. The van der Waals surface area contributed by atoms with E-state index in [9.17, 15) is 27.9 Å². The summed E-state index contributed by atoms with van der Waals surface area (Å²) < 4.78 is 38.1. The molecule has 1 aromatic rings. The number of hydrogen-bond acceptors (Lipinski definition) is 5. The first-order chi connectivity index (χ1) is 13.2. The highest BCUT2D eigenvalue weighted by Gasteiger charge is 2.70. The molecule has 29 heavy (non-hydrogen) atoms. The number of aromatic nitrogens is 2. The Labute approximate surface area is 166 Å². The number of likely N-dealkylation sites (tertiary alicyclic amines) is 1. The molecular formula is C19H25F3N4O3. The minimum absolute atomic E-state index is 0.0165. The number of carboxylic acids is 1. The molecule has 1 amide bonds. The van der Waals surface area contributed by atoms with Gasteiger partial charge in [0.15, 0.2) is 5.69 Å². The van der Waals surface area contributed by atoms with Crippen molar-refractivity contribution >= 4 is 17.7 Å². The largest absolute Gasteiger partial charge is 0.480 e. The van der Waals surface area contributed by atoms with Crippen LogP contribution in [0, 0.1) is 22.7 Å². The van der Waals surface area contributed by atoms with Crippen LogP contribution in [0.1, 0.15) is 40.3 Å². The number of nitrogens with one attached hydrogen (secondary N) is 1. The predicted octanol–water partition coefficient (Wildman–Crippen LogP) is 2.89. The number of hydrogen-bond donors (Lipinski definition) is 2. The minimum atomic E-state index is -4.61. The topological polar surface area (TPSA) is 95.4 Å². The number of fused-ring (bicyclic) bond motifs is 1. The van der Waals surface area contributed by atoms with Crippen LogP contribution >= 0.6 is 0 Å². The van der Waals surface area contributed by atoms with Gasteiger partial charge in [-0.2, -0.15) is 13.2 Å². The number of carbonyl (C=O) groups is 2. The van der Waals surface area contributed by atoms with E-state index in [1.54, 1.807) is 20.8 Å². The molecule has 0 aromatic carbocycles. The lowest BCUT2D eigenvalue weighted by Gasteiger charge is -2.37. The molecule has 0 unspecified atom stereocenters. The number of halogens is 3. The molecule has 160 valence electrons. The van der Waals surface area contributed by atoms with Gasteiger partial charge in [-0.25, -0.2) is 14.8 Å². The van der Waals surface area contributed by atoms with E-state index in [2.05, 4.69) is 15.3 Å². The fraction of sp³-hybridized carbons (Fsp3) is 0.684. The highest BCUT2D eigenvalue weighted by molar-refractivity contribution is 5.90. The van der Waals surface area contributed by atoms with Gasteiger partial charge in [-0.15, -0.1) is 0 Å². The second kappa shape index (κ2) is 6.56. The molecule has 2 fully saturated rings. The number of rotatable bonds is 4. The van der Waals surface area contributed by atoms with Gasteiger partial charge in [-0.3, -0.25) is 4.79 Å². The summed E-state index contributed by atoms with van der Waals surface area (Å²) in [6, 6.07) is -1.79. The first kappa shape index (κ1) is 21.3. The predicted molar refractivity (Wildman–Crippen MR) is 97.8 cm³/mol. The van der Waals surface area contributed by atoms with E-state index < -0.39 is 41.2 Å². The number of alkyl halides is 3. The summed E-state index contributed by atoms with van der Waals surface area (Å²) in [4.78, 5) is 33.6. The van der Waals surface area contributed by atoms with E-state index in [-0.39, 0.29) is 23.1 Å². The molecule has 2 aliphatic rings. The van der Waals surface area contributed by atoms with Gasteiger partial charge in [-0.05, 0) is 16.7 Å². The molecule has 1 aliphatic heterocycles. The Hall–Kier alpha value is -2.39. The van der Waals surface area contributed by atoms with Crippen LogP contribution in [0.3, 0.4) is 0 Å². The van der Waals surface area contributed by atoms with E-state index in [0.717, 1.165) is 6.20 Å². The number of nitrogens with zero attached hydrogens (tertiary/aromatic N) is 3. The Balaban J connectivity index is 1.83. The van der Waals surface area contributed by atoms with Crippen LogP contribution in [0.4, 0.5) is 19.0 Å². The molecule has 0 radical (unpaired) electrons. The monoisotopic (exact) mass is 414 g/mol. The highest BCUT2D eigenvalue weighted by atomic mass is 19.4. The van der Waals surface area contributed by atoms with Crippen LogP contribution in [-0.4, -0.2) is 50.5 Å². The molecule has 4 atom stereocenters. The molecule has 1 saturated carbocycles. The quantitative estimate of drug-likeness (QED) is 0.787. The Morgan fingerprint density at radius 2 is 1.86 bits per heavy atom. The summed E-state index contributed by atoms with van der Waals surface area (Å²) in [6.45, 7) is 9.71. The van der Waals surface area contributed by atoms with Gasteiger partial charge in [0.05, 0.1) is 12.4 Å². The van der Waals surface area contributed by atoms with E-state index in [1.807, 2.05) is 13.8 Å². The van der Waals surface area contributed by atoms with E-state index in [4.69, 9.17) is 0 Å². The van der Waals surface area contributed by atoms with Gasteiger partial charge in [0.2, 0.25) is 5.91 Å². The van der Waals surface area contributed by atoms with Crippen LogP contribution in [0.15, 0.2) is 12.4 Å². The summed E-state index contributed by atoms with van der Waals surface area (Å²) in [5, 5.41) is 12.6. The van der Waals surface area contributed by atoms with Crippen molar-refractivity contribution in [1.29, 1.82) is 0 Å². The number of piperidine rings is 1. The Bertz CT molecular complexity index is 817. The van der Waals surface area contributed by atoms with Crippen molar-refractivity contribution < 1.29 is 27.9 Å². The maximum absolute atomic E-state index is 13.3. The lowest BCUT2D eigenvalue weighted by atomic mass is 9.85. The first-order valence-corrected chi connectivity index (χ1v) is 9.34. The van der Waals surface area contributed by atoms with Gasteiger partial charge in [0.25, 0.3) is 0 Å². The second-order valence-electron chi connectivity index (χ2n) is 9.46. The third kappa shape index (κ3) is 3.76. The summed E-state index contributed by atoms with van der Waals surface area (Å²) in [5.74, 6) is -1.41. The zero-order valence-electron chi connectivity index (χ0n) is 16.9. The average Bonchev–Trinajstić information content (AvgIpc) is 2.94. The fourth-order valence-electron chi connectivity index (χ4n) is 4.31. The summed E-state index contributed by atoms with van der Waals surface area (Å²) in [7, 11) is 0. The van der Waals surface area contributed by atoms with Gasteiger partial charge < -0.3 is 15.3 Å². The molecule has 7 nitrogen and oxygen atoms in total. The summed E-state index contributed by atoms with van der Waals surface area (Å²) in [5.41, 5.74) is -1.90. The van der Waals surface area contributed by atoms with E-state index in [0.29, 0.717) is 12.7 Å². The molecule has 10 heteroatoms. The maximum Gasteiger partial charge on any atom is 0.434 e. The third-order valence-corrected chi connectivity index (χ3v) is 6.09. The van der Waals surface area contributed by atoms with Crippen LogP contribution in [-0.2, 0) is 15.8 Å². The van der Waals surface area contributed by atoms with Gasteiger partial charge in [0.1, 0.15) is 17.9 Å². The number of amides is 1. The van der Waals surface area contributed by atoms with Crippen LogP contribution in [0.25, 0.3) is 0 Å². The van der Waals surface area contributed by atoms with Gasteiger partial charge >= 0.3 is 12.1 Å². The molecule has 2 heterocycles. The van der Waals surface area contributed by atoms with Crippen molar-refractivity contribution in [1.82, 2.24) is 14.9 Å². The third-order valence-electron chi connectivity index (χ3n) is 6.09. The summed E-state index contributed by atoms with van der Waals surface area (Å²) in [6.07, 6.45) is -3.09. The molecule has 0 spiro atoms. The smallest absolute Gasteiger partial charge is 0.434 e. The van der Waals surface area contributed by atoms with Crippen LogP contribution < -0.4 is 5.32 Å². The molecule has 1 aliphatic carbocycles. The Morgan fingerprint density at radius 1 is 1.24 bits per heavy atom. The number of carbonyl (C=O) groups excluding carboxylic acids is 1. The van der Waals surface area contributed by atoms with Crippen LogP contribution in [0.2, 0.25) is 0 Å². The zero-order chi connectivity index (χ0) is 21.9. The number of anilines is 1. The normalized spacial score (nSPS) is 26.6. The molecule has 2 N–H and O–H groups in total. The molecular weight excluding hydrogens is 389 g/mol. The highest BCUT2D eigenvalue weighted by Crippen LogP contribution is 2.65. The van der Waals surface area contributed by atoms with Crippen molar-refractivity contribution in [2.24, 2.45) is 22.7 Å². The van der Waals surface area contributed by atoms with Gasteiger partial charge in [0, 0.05) is 12.5 Å². The minimum Gasteiger partial charge on any atom is -0.480 e. The maximum atomic E-state index is 13.3. The zero-order valence-corrected chi connectivity index (χ0v) is 16.9. The van der Waals surface area contributed by atoms with Crippen LogP contribution in [0.5, 0.6) is 0 Å². The van der Waals surface area contributed by atoms with Gasteiger partial charge in [-0.1, -0.05) is 34.6 Å². The number of carboxylic acid groups (broad SMARTS) is 1. The van der Waals surface area contributed by atoms with Crippen molar-refractivity contribution in [2.45, 2.75) is 52.9 Å². The Morgan fingerprint density at radius 3 is 2.31 bits per heavy atom. The van der Waals surface area contributed by atoms with E-state index >= 15 is 0 Å².